The van der Waals surface area contributed by atoms with E-state index in [1.165, 1.54) is 12.1 Å². The molecule has 0 atom stereocenters. The number of carbonyl (C=O) groups is 2. The number of alkyl halides is 3. The normalized spacial score (nSPS) is 12.3. The lowest BCUT2D eigenvalue weighted by atomic mass is 10.1. The number of amides is 2. The molecule has 0 saturated carbocycles. The number of para-hydroxylation sites is 1. The van der Waals surface area contributed by atoms with Gasteiger partial charge in [0, 0.05) is 6.54 Å². The number of anilines is 1. The Morgan fingerprint density at radius 1 is 0.879 bits per heavy atom. The number of fused-ring (bicyclic) bond motifs is 1. The molecule has 0 saturated heterocycles. The van der Waals surface area contributed by atoms with E-state index in [0.29, 0.717) is 11.5 Å². The number of hydrogen-bond donors (Lipinski definition) is 2. The van der Waals surface area contributed by atoms with Crippen LogP contribution in [0.5, 0.6) is 11.5 Å². The number of benzene rings is 3. The SMILES string of the molecule is O=C(Cc1cccc(C(F)(F)F)c1)Nc1ccccc1C(=O)NCc1ccc2c(c1)OCO2. The van der Waals surface area contributed by atoms with Crippen LogP contribution in [0.1, 0.15) is 27.0 Å². The summed E-state index contributed by atoms with van der Waals surface area (Å²) in [6.45, 7) is 0.376. The van der Waals surface area contributed by atoms with Crippen LogP contribution >= 0.6 is 0 Å². The smallest absolute Gasteiger partial charge is 0.416 e. The van der Waals surface area contributed by atoms with Gasteiger partial charge in [-0.3, -0.25) is 9.59 Å². The number of hydrogen-bond acceptors (Lipinski definition) is 4. The number of halogens is 3. The molecule has 0 aliphatic carbocycles. The highest BCUT2D eigenvalue weighted by molar-refractivity contribution is 6.04. The minimum Gasteiger partial charge on any atom is -0.454 e. The highest BCUT2D eigenvalue weighted by atomic mass is 19.4. The van der Waals surface area contributed by atoms with E-state index in [2.05, 4.69) is 10.6 Å². The van der Waals surface area contributed by atoms with Gasteiger partial charge in [-0.15, -0.1) is 0 Å². The average molecular weight is 456 g/mol. The highest BCUT2D eigenvalue weighted by Crippen LogP contribution is 2.32. The van der Waals surface area contributed by atoms with E-state index in [1.54, 1.807) is 42.5 Å². The van der Waals surface area contributed by atoms with Crippen molar-refractivity contribution in [2.24, 2.45) is 0 Å². The molecule has 0 aromatic heterocycles. The zero-order valence-corrected chi connectivity index (χ0v) is 17.2. The Hall–Kier alpha value is -4.01. The van der Waals surface area contributed by atoms with Gasteiger partial charge < -0.3 is 20.1 Å². The molecule has 0 radical (unpaired) electrons. The molecule has 6 nitrogen and oxygen atoms in total. The molecule has 3 aromatic carbocycles. The summed E-state index contributed by atoms with van der Waals surface area (Å²) < 4.78 is 49.3. The fourth-order valence-corrected chi connectivity index (χ4v) is 3.36. The molecular weight excluding hydrogens is 437 g/mol. The van der Waals surface area contributed by atoms with Crippen molar-refractivity contribution >= 4 is 17.5 Å². The van der Waals surface area contributed by atoms with Gasteiger partial charge in [-0.05, 0) is 41.5 Å². The Morgan fingerprint density at radius 3 is 2.48 bits per heavy atom. The first-order valence-electron chi connectivity index (χ1n) is 10.0. The maximum absolute atomic E-state index is 12.9. The van der Waals surface area contributed by atoms with E-state index in [0.717, 1.165) is 17.7 Å². The summed E-state index contributed by atoms with van der Waals surface area (Å²) in [7, 11) is 0. The molecule has 3 aromatic rings. The fraction of sp³-hybridized carbons (Fsp3) is 0.167. The van der Waals surface area contributed by atoms with E-state index < -0.39 is 23.6 Å². The van der Waals surface area contributed by atoms with Gasteiger partial charge in [0.25, 0.3) is 5.91 Å². The zero-order chi connectivity index (χ0) is 23.4. The third kappa shape index (κ3) is 5.43. The molecule has 4 rings (SSSR count). The predicted molar refractivity (Wildman–Crippen MR) is 114 cm³/mol. The molecule has 170 valence electrons. The van der Waals surface area contributed by atoms with Gasteiger partial charge in [-0.25, -0.2) is 0 Å². The summed E-state index contributed by atoms with van der Waals surface area (Å²) in [6.07, 6.45) is -4.76. The molecule has 33 heavy (non-hydrogen) atoms. The molecule has 0 unspecified atom stereocenters. The summed E-state index contributed by atoms with van der Waals surface area (Å²) in [5.41, 5.74) is 0.690. The number of ether oxygens (including phenoxy) is 2. The average Bonchev–Trinajstić information content (AvgIpc) is 3.25. The maximum atomic E-state index is 12.9. The fourth-order valence-electron chi connectivity index (χ4n) is 3.36. The van der Waals surface area contributed by atoms with Crippen LogP contribution in [0.4, 0.5) is 18.9 Å². The molecule has 2 amide bonds. The van der Waals surface area contributed by atoms with E-state index in [9.17, 15) is 22.8 Å². The van der Waals surface area contributed by atoms with Crippen LogP contribution < -0.4 is 20.1 Å². The molecule has 0 fully saturated rings. The highest BCUT2D eigenvalue weighted by Gasteiger charge is 2.30. The van der Waals surface area contributed by atoms with Crippen LogP contribution in [0.15, 0.2) is 66.7 Å². The lowest BCUT2D eigenvalue weighted by Crippen LogP contribution is -2.25. The van der Waals surface area contributed by atoms with Crippen molar-refractivity contribution in [2.75, 3.05) is 12.1 Å². The van der Waals surface area contributed by atoms with E-state index >= 15 is 0 Å². The summed E-state index contributed by atoms with van der Waals surface area (Å²) in [4.78, 5) is 25.2. The van der Waals surface area contributed by atoms with Crippen LogP contribution in [0, 0.1) is 0 Å². The van der Waals surface area contributed by atoms with Gasteiger partial charge >= 0.3 is 6.18 Å². The molecule has 1 aliphatic rings. The minimum absolute atomic E-state index is 0.152. The molecule has 9 heteroatoms. The second-order valence-corrected chi connectivity index (χ2v) is 7.34. The van der Waals surface area contributed by atoms with Crippen molar-refractivity contribution in [3.05, 3.63) is 89.0 Å². The van der Waals surface area contributed by atoms with Gasteiger partial charge in [0.05, 0.1) is 23.2 Å². The topological polar surface area (TPSA) is 76.7 Å². The quantitative estimate of drug-likeness (QED) is 0.571. The molecule has 1 aliphatic heterocycles. The third-order valence-corrected chi connectivity index (χ3v) is 4.95. The van der Waals surface area contributed by atoms with Crippen LogP contribution in [-0.4, -0.2) is 18.6 Å². The van der Waals surface area contributed by atoms with Crippen LogP contribution in [0.3, 0.4) is 0 Å². The van der Waals surface area contributed by atoms with Crippen molar-refractivity contribution in [3.8, 4) is 11.5 Å². The van der Waals surface area contributed by atoms with E-state index in [-0.39, 0.29) is 36.6 Å². The predicted octanol–water partition coefficient (Wildman–Crippen LogP) is 4.55. The van der Waals surface area contributed by atoms with Crippen molar-refractivity contribution in [1.82, 2.24) is 5.32 Å². The lowest BCUT2D eigenvalue weighted by Gasteiger charge is -2.12. The van der Waals surface area contributed by atoms with Gasteiger partial charge in [-0.1, -0.05) is 36.4 Å². The third-order valence-electron chi connectivity index (χ3n) is 4.95. The molecule has 2 N–H and O–H groups in total. The van der Waals surface area contributed by atoms with Crippen molar-refractivity contribution < 1.29 is 32.2 Å². The number of carbonyl (C=O) groups excluding carboxylic acids is 2. The number of rotatable bonds is 6. The Kier molecular flexibility index (Phi) is 6.21. The summed E-state index contributed by atoms with van der Waals surface area (Å²) >= 11 is 0. The Labute approximate surface area is 187 Å². The minimum atomic E-state index is -4.49. The van der Waals surface area contributed by atoms with Crippen molar-refractivity contribution in [3.63, 3.8) is 0 Å². The largest absolute Gasteiger partial charge is 0.454 e. The van der Waals surface area contributed by atoms with Crippen LogP contribution in [0.25, 0.3) is 0 Å². The van der Waals surface area contributed by atoms with Gasteiger partial charge in [0.1, 0.15) is 0 Å². The Bertz CT molecular complexity index is 1190. The first kappa shape index (κ1) is 22.2. The first-order valence-corrected chi connectivity index (χ1v) is 10.0. The van der Waals surface area contributed by atoms with Gasteiger partial charge in [-0.2, -0.15) is 13.2 Å². The summed E-state index contributed by atoms with van der Waals surface area (Å²) in [6, 6.07) is 16.3. The van der Waals surface area contributed by atoms with Crippen LogP contribution in [0.2, 0.25) is 0 Å². The Morgan fingerprint density at radius 2 is 1.67 bits per heavy atom. The number of nitrogens with one attached hydrogen (secondary N) is 2. The van der Waals surface area contributed by atoms with Gasteiger partial charge in [0.15, 0.2) is 11.5 Å². The summed E-state index contributed by atoms with van der Waals surface area (Å²) in [5, 5.41) is 5.39. The molecule has 1 heterocycles. The van der Waals surface area contributed by atoms with Crippen molar-refractivity contribution in [1.29, 1.82) is 0 Å². The lowest BCUT2D eigenvalue weighted by molar-refractivity contribution is -0.137. The van der Waals surface area contributed by atoms with E-state index in [1.807, 2.05) is 0 Å². The standard InChI is InChI=1S/C24H19F3N2O4/c25-24(26,27)17-5-3-4-15(10-17)12-22(30)29-19-7-2-1-6-18(19)23(31)28-13-16-8-9-20-21(11-16)33-14-32-20/h1-11H,12-14H2,(H,28,31)(H,29,30). The monoisotopic (exact) mass is 456 g/mol. The maximum Gasteiger partial charge on any atom is 0.416 e. The molecular formula is C24H19F3N2O4. The second kappa shape index (κ2) is 9.23. The van der Waals surface area contributed by atoms with E-state index in [4.69, 9.17) is 9.47 Å². The molecule has 0 spiro atoms. The second-order valence-electron chi connectivity index (χ2n) is 7.34. The Balaban J connectivity index is 1.40. The first-order chi connectivity index (χ1) is 15.8. The zero-order valence-electron chi connectivity index (χ0n) is 17.2. The van der Waals surface area contributed by atoms with Crippen molar-refractivity contribution in [2.45, 2.75) is 19.1 Å². The molecule has 0 bridgehead atoms. The summed E-state index contributed by atoms with van der Waals surface area (Å²) in [5.74, 6) is 0.288. The van der Waals surface area contributed by atoms with Gasteiger partial charge in [0.2, 0.25) is 12.7 Å². The van der Waals surface area contributed by atoms with Crippen LogP contribution in [-0.2, 0) is 23.9 Å².